The maximum atomic E-state index is 9.12. The van der Waals surface area contributed by atoms with E-state index in [-0.39, 0.29) is 12.4 Å². The molecule has 1 aromatic rings. The molecule has 0 amide bonds. The van der Waals surface area contributed by atoms with Gasteiger partial charge in [0.1, 0.15) is 5.75 Å². The fraction of sp³-hybridized carbons (Fsp3) is 0.400. The van der Waals surface area contributed by atoms with E-state index in [0.29, 0.717) is 0 Å². The summed E-state index contributed by atoms with van der Waals surface area (Å²) in [6.07, 6.45) is 0. The molecule has 2 N–H and O–H groups in total. The molecule has 0 bridgehead atoms. The van der Waals surface area contributed by atoms with Crippen LogP contribution in [0.15, 0.2) is 18.2 Å². The van der Waals surface area contributed by atoms with Gasteiger partial charge in [0.15, 0.2) is 0 Å². The largest absolute Gasteiger partial charge is 0.508 e. The number of rotatable bonds is 1. The van der Waals surface area contributed by atoms with Gasteiger partial charge >= 0.3 is 0 Å². The van der Waals surface area contributed by atoms with E-state index in [0.717, 1.165) is 11.1 Å². The molecule has 0 fully saturated rings. The molecule has 0 aliphatic carbocycles. The minimum atomic E-state index is -0.0137. The molecule has 0 aliphatic heterocycles. The standard InChI is InChI=1S/C8H10O2.C2H6/c1-6-7(5-9)3-2-4-8(6)10;1-2/h2-4,9-10H,5H2,1H3;1-2H3. The molecule has 1 aromatic carbocycles. The summed E-state index contributed by atoms with van der Waals surface area (Å²) in [6, 6.07) is 5.11. The molecule has 0 atom stereocenters. The normalized spacial score (nSPS) is 8.67. The van der Waals surface area contributed by atoms with E-state index in [1.54, 1.807) is 25.1 Å². The third kappa shape index (κ3) is 2.55. The van der Waals surface area contributed by atoms with Crippen molar-refractivity contribution < 1.29 is 10.2 Å². The Morgan fingerprint density at radius 3 is 2.25 bits per heavy atom. The van der Waals surface area contributed by atoms with Crippen LogP contribution in [0.25, 0.3) is 0 Å². The topological polar surface area (TPSA) is 40.5 Å². The van der Waals surface area contributed by atoms with Gasteiger partial charge in [-0.15, -0.1) is 0 Å². The van der Waals surface area contributed by atoms with Crippen molar-refractivity contribution in [2.75, 3.05) is 0 Å². The second kappa shape index (κ2) is 5.61. The summed E-state index contributed by atoms with van der Waals surface area (Å²) in [7, 11) is 0. The number of aromatic hydroxyl groups is 1. The van der Waals surface area contributed by atoms with E-state index in [1.165, 1.54) is 0 Å². The summed E-state index contributed by atoms with van der Waals surface area (Å²) in [6.45, 7) is 5.76. The van der Waals surface area contributed by atoms with Crippen molar-refractivity contribution in [1.29, 1.82) is 0 Å². The van der Waals surface area contributed by atoms with Gasteiger partial charge in [-0.25, -0.2) is 0 Å². The zero-order chi connectivity index (χ0) is 9.56. The van der Waals surface area contributed by atoms with E-state index in [4.69, 9.17) is 10.2 Å². The fourth-order valence-electron chi connectivity index (χ4n) is 0.841. The number of aliphatic hydroxyl groups is 1. The highest BCUT2D eigenvalue weighted by Crippen LogP contribution is 2.18. The van der Waals surface area contributed by atoms with Gasteiger partial charge < -0.3 is 10.2 Å². The molecule has 0 aromatic heterocycles. The van der Waals surface area contributed by atoms with Gasteiger partial charge in [0.2, 0.25) is 0 Å². The number of phenolic OH excluding ortho intramolecular Hbond substituents is 1. The van der Waals surface area contributed by atoms with E-state index < -0.39 is 0 Å². The van der Waals surface area contributed by atoms with Gasteiger partial charge in [0, 0.05) is 0 Å². The first-order valence-corrected chi connectivity index (χ1v) is 4.14. The molecule has 0 aliphatic rings. The Balaban J connectivity index is 0.000000561. The van der Waals surface area contributed by atoms with Crippen LogP contribution >= 0.6 is 0 Å². The van der Waals surface area contributed by atoms with Crippen LogP contribution in [0.5, 0.6) is 5.75 Å². The Labute approximate surface area is 73.5 Å². The lowest BCUT2D eigenvalue weighted by atomic mass is 10.1. The minimum absolute atomic E-state index is 0.0137. The Bertz CT molecular complexity index is 231. The molecule has 0 spiro atoms. The smallest absolute Gasteiger partial charge is 0.118 e. The summed E-state index contributed by atoms with van der Waals surface area (Å²) in [5, 5.41) is 17.9. The number of aliphatic hydroxyl groups excluding tert-OH is 1. The highest BCUT2D eigenvalue weighted by molar-refractivity contribution is 5.37. The Morgan fingerprint density at radius 2 is 1.83 bits per heavy atom. The third-order valence-corrected chi connectivity index (χ3v) is 1.59. The number of phenols is 1. The minimum Gasteiger partial charge on any atom is -0.508 e. The lowest BCUT2D eigenvalue weighted by Gasteiger charge is -2.02. The first-order chi connectivity index (χ1) is 5.75. The Kier molecular flexibility index (Phi) is 5.13. The van der Waals surface area contributed by atoms with E-state index in [2.05, 4.69) is 0 Å². The van der Waals surface area contributed by atoms with E-state index in [9.17, 15) is 0 Å². The average molecular weight is 168 g/mol. The third-order valence-electron chi connectivity index (χ3n) is 1.59. The highest BCUT2D eigenvalue weighted by Gasteiger charge is 1.98. The maximum absolute atomic E-state index is 9.12. The van der Waals surface area contributed by atoms with Crippen LogP contribution in [0.4, 0.5) is 0 Å². The van der Waals surface area contributed by atoms with Crippen LogP contribution in [-0.4, -0.2) is 10.2 Å². The molecule has 68 valence electrons. The van der Waals surface area contributed by atoms with Gasteiger partial charge in [0.25, 0.3) is 0 Å². The van der Waals surface area contributed by atoms with Crippen LogP contribution in [0.3, 0.4) is 0 Å². The number of benzene rings is 1. The van der Waals surface area contributed by atoms with Crippen LogP contribution < -0.4 is 0 Å². The predicted molar refractivity (Wildman–Crippen MR) is 50.1 cm³/mol. The molecule has 0 radical (unpaired) electrons. The van der Waals surface area contributed by atoms with Gasteiger partial charge in [0.05, 0.1) is 6.61 Å². The lowest BCUT2D eigenvalue weighted by Crippen LogP contribution is -1.87. The SMILES string of the molecule is CC.Cc1c(O)cccc1CO. The van der Waals surface area contributed by atoms with Crippen molar-refractivity contribution in [3.05, 3.63) is 29.3 Å². The quantitative estimate of drug-likeness (QED) is 0.675. The molecule has 0 unspecified atom stereocenters. The molecule has 2 heteroatoms. The monoisotopic (exact) mass is 168 g/mol. The Hall–Kier alpha value is -1.02. The van der Waals surface area contributed by atoms with Gasteiger partial charge in [-0.3, -0.25) is 0 Å². The van der Waals surface area contributed by atoms with Crippen LogP contribution in [0, 0.1) is 6.92 Å². The fourth-order valence-corrected chi connectivity index (χ4v) is 0.841. The molecule has 2 nitrogen and oxygen atoms in total. The number of hydrogen-bond donors (Lipinski definition) is 2. The molecule has 0 saturated heterocycles. The van der Waals surface area contributed by atoms with Crippen molar-refractivity contribution in [3.8, 4) is 5.75 Å². The van der Waals surface area contributed by atoms with Crippen LogP contribution in [0.1, 0.15) is 25.0 Å². The van der Waals surface area contributed by atoms with Gasteiger partial charge in [-0.1, -0.05) is 26.0 Å². The average Bonchev–Trinajstić information content (AvgIpc) is 2.13. The highest BCUT2D eigenvalue weighted by atomic mass is 16.3. The summed E-state index contributed by atoms with van der Waals surface area (Å²) in [5.74, 6) is 0.242. The lowest BCUT2D eigenvalue weighted by molar-refractivity contribution is 0.280. The summed E-state index contributed by atoms with van der Waals surface area (Å²) < 4.78 is 0. The maximum Gasteiger partial charge on any atom is 0.118 e. The van der Waals surface area contributed by atoms with Crippen LogP contribution in [0.2, 0.25) is 0 Å². The van der Waals surface area contributed by atoms with Crippen molar-refractivity contribution in [3.63, 3.8) is 0 Å². The van der Waals surface area contributed by atoms with Crippen molar-refractivity contribution in [1.82, 2.24) is 0 Å². The van der Waals surface area contributed by atoms with Gasteiger partial charge in [-0.2, -0.15) is 0 Å². The second-order valence-corrected chi connectivity index (χ2v) is 2.22. The summed E-state index contributed by atoms with van der Waals surface area (Å²) >= 11 is 0. The number of hydrogen-bond acceptors (Lipinski definition) is 2. The molecular weight excluding hydrogens is 152 g/mol. The zero-order valence-electron chi connectivity index (χ0n) is 7.83. The van der Waals surface area contributed by atoms with Crippen molar-refractivity contribution in [2.24, 2.45) is 0 Å². The van der Waals surface area contributed by atoms with Crippen LogP contribution in [-0.2, 0) is 6.61 Å². The molecular formula is C10H16O2. The molecule has 1 rings (SSSR count). The van der Waals surface area contributed by atoms with Gasteiger partial charge in [-0.05, 0) is 24.1 Å². The van der Waals surface area contributed by atoms with Crippen molar-refractivity contribution >= 4 is 0 Å². The Morgan fingerprint density at radius 1 is 1.25 bits per heavy atom. The summed E-state index contributed by atoms with van der Waals surface area (Å²) in [5.41, 5.74) is 1.53. The molecule has 12 heavy (non-hydrogen) atoms. The second-order valence-electron chi connectivity index (χ2n) is 2.22. The first-order valence-electron chi connectivity index (χ1n) is 4.14. The van der Waals surface area contributed by atoms with E-state index in [1.807, 2.05) is 13.8 Å². The zero-order valence-corrected chi connectivity index (χ0v) is 7.83. The summed E-state index contributed by atoms with van der Waals surface area (Å²) in [4.78, 5) is 0. The predicted octanol–water partition coefficient (Wildman–Crippen LogP) is 2.22. The molecule has 0 heterocycles. The van der Waals surface area contributed by atoms with E-state index >= 15 is 0 Å². The molecule has 0 saturated carbocycles. The van der Waals surface area contributed by atoms with Crippen molar-refractivity contribution in [2.45, 2.75) is 27.4 Å². The first kappa shape index (κ1) is 11.0.